The van der Waals surface area contributed by atoms with Crippen molar-refractivity contribution in [2.45, 2.75) is 101 Å². The number of likely N-dealkylation sites (tertiary alicyclic amines) is 1. The van der Waals surface area contributed by atoms with Crippen LogP contribution in [0.1, 0.15) is 72.6 Å². The van der Waals surface area contributed by atoms with Crippen LogP contribution in [0.2, 0.25) is 0 Å². The molecular formula is C32H51N5O7S. The van der Waals surface area contributed by atoms with Gasteiger partial charge in [-0.05, 0) is 49.7 Å². The molecule has 252 valence electrons. The maximum atomic E-state index is 13.3. The number of sulfonamides is 1. The van der Waals surface area contributed by atoms with E-state index in [9.17, 15) is 33.0 Å². The van der Waals surface area contributed by atoms with E-state index in [1.54, 1.807) is 23.1 Å². The summed E-state index contributed by atoms with van der Waals surface area (Å²) in [6.45, 7) is 8.04. The smallest absolute Gasteiger partial charge is 0.330 e. The van der Waals surface area contributed by atoms with E-state index in [1.165, 1.54) is 23.5 Å². The van der Waals surface area contributed by atoms with Gasteiger partial charge >= 0.3 is 12.0 Å². The minimum Gasteiger partial charge on any atom is -0.479 e. The second kappa shape index (κ2) is 15.5. The number of nitrogens with one attached hydrogen (secondary N) is 3. The molecule has 12 nitrogen and oxygen atoms in total. The number of carbonyl (C=O) groups excluding carboxylic acids is 2. The van der Waals surface area contributed by atoms with Gasteiger partial charge in [0.25, 0.3) is 0 Å². The van der Waals surface area contributed by atoms with Crippen molar-refractivity contribution in [3.8, 4) is 0 Å². The molecule has 13 heteroatoms. The van der Waals surface area contributed by atoms with Crippen molar-refractivity contribution >= 4 is 27.9 Å². The van der Waals surface area contributed by atoms with Gasteiger partial charge in [0.15, 0.2) is 0 Å². The number of hydrogen-bond donors (Lipinski definition) is 5. The van der Waals surface area contributed by atoms with Crippen LogP contribution >= 0.6 is 0 Å². The number of urea groups is 1. The lowest BCUT2D eigenvalue weighted by Gasteiger charge is -2.34. The summed E-state index contributed by atoms with van der Waals surface area (Å²) < 4.78 is 27.3. The lowest BCUT2D eigenvalue weighted by molar-refractivity contribution is -0.145. The molecule has 1 aromatic rings. The van der Waals surface area contributed by atoms with Gasteiger partial charge in [-0.1, -0.05) is 70.9 Å². The van der Waals surface area contributed by atoms with Crippen molar-refractivity contribution in [2.24, 2.45) is 11.3 Å². The molecule has 5 atom stereocenters. The number of aliphatic carboxylic acids is 1. The summed E-state index contributed by atoms with van der Waals surface area (Å²) >= 11 is 0. The number of unbranched alkanes of at least 4 members (excludes halogenated alkanes) is 3. The van der Waals surface area contributed by atoms with Gasteiger partial charge in [0.2, 0.25) is 15.9 Å². The molecular weight excluding hydrogens is 598 g/mol. The average molecular weight is 650 g/mol. The number of nitrogens with zero attached hydrogens (tertiary/aromatic N) is 2. The average Bonchev–Trinajstić information content (AvgIpc) is 3.45. The van der Waals surface area contributed by atoms with E-state index in [-0.39, 0.29) is 23.9 Å². The molecule has 0 spiro atoms. The first kappa shape index (κ1) is 36.5. The fourth-order valence-corrected chi connectivity index (χ4v) is 6.85. The molecule has 5 N–H and O–H groups in total. The number of carboxylic acids is 1. The maximum absolute atomic E-state index is 13.3. The molecule has 1 aliphatic heterocycles. The van der Waals surface area contributed by atoms with Gasteiger partial charge in [0.05, 0.1) is 17.5 Å². The third-order valence-corrected chi connectivity index (χ3v) is 10.6. The van der Waals surface area contributed by atoms with Crippen LogP contribution < -0.4 is 16.0 Å². The van der Waals surface area contributed by atoms with E-state index in [1.807, 2.05) is 32.9 Å². The summed E-state index contributed by atoms with van der Waals surface area (Å²) in [5.74, 6) is -1.79. The highest BCUT2D eigenvalue weighted by atomic mass is 32.2. The van der Waals surface area contributed by atoms with Crippen LogP contribution in [0.5, 0.6) is 0 Å². The van der Waals surface area contributed by atoms with Crippen LogP contribution in [-0.2, 0) is 19.6 Å². The normalized spacial score (nSPS) is 23.5. The lowest BCUT2D eigenvalue weighted by Crippen LogP contribution is -2.57. The molecule has 0 bridgehead atoms. The van der Waals surface area contributed by atoms with Crippen LogP contribution in [-0.4, -0.2) is 96.3 Å². The number of benzene rings is 1. The van der Waals surface area contributed by atoms with E-state index in [0.29, 0.717) is 25.8 Å². The Bertz CT molecular complexity index is 1300. The summed E-state index contributed by atoms with van der Waals surface area (Å²) in [7, 11) is -2.31. The Hall–Kier alpha value is -3.00. The number of amides is 3. The van der Waals surface area contributed by atoms with Gasteiger partial charge in [-0.15, -0.1) is 0 Å². The monoisotopic (exact) mass is 649 g/mol. The first-order chi connectivity index (χ1) is 21.1. The fourth-order valence-electron chi connectivity index (χ4n) is 5.64. The van der Waals surface area contributed by atoms with Crippen molar-refractivity contribution in [3.05, 3.63) is 42.5 Å². The topological polar surface area (TPSA) is 168 Å². The molecule has 1 aliphatic carbocycles. The summed E-state index contributed by atoms with van der Waals surface area (Å²) in [5.41, 5.74) is -1.83. The third-order valence-electron chi connectivity index (χ3n) is 8.75. The zero-order chi connectivity index (χ0) is 33.4. The van der Waals surface area contributed by atoms with Gasteiger partial charge in [-0.3, -0.25) is 9.69 Å². The molecule has 3 unspecified atom stereocenters. The van der Waals surface area contributed by atoms with E-state index < -0.39 is 57.2 Å². The third kappa shape index (κ3) is 9.50. The minimum absolute atomic E-state index is 0.0192. The quantitative estimate of drug-likeness (QED) is 0.135. The highest BCUT2D eigenvalue weighted by Gasteiger charge is 2.61. The van der Waals surface area contributed by atoms with E-state index >= 15 is 0 Å². The van der Waals surface area contributed by atoms with Crippen LogP contribution in [0.25, 0.3) is 0 Å². The second-order valence-electron chi connectivity index (χ2n) is 13.2. The molecule has 45 heavy (non-hydrogen) atoms. The Labute approximate surface area is 267 Å². The standard InChI is InChI=1S/C32H51N5O7S/c1-6-7-8-9-11-15-23-20-32(23,29(40)41)35-28(39)25-18-14-19-37(25)27(38)21-33-30(42)34-26(31(2,3)4)22-36(5)45(43,44)24-16-12-10-13-17-24/h10-13,15-17,23,25-27,38H,6-9,14,18-22H2,1-5H3,(H,35,39)(H,40,41)(H2,33,34,42)/b15-11-/t23?,25-,26?,27?,32+/m0/s1. The SMILES string of the molecule is CCCCC/C=C\C1C[C@]1(NC(=O)[C@@H]1CCCN1C(O)CNC(=O)NC(CN(C)S(=O)(=O)c1ccccc1)C(C)(C)C)C(=O)O. The molecule has 2 aliphatic rings. The van der Waals surface area contributed by atoms with Crippen LogP contribution in [0.4, 0.5) is 4.79 Å². The molecule has 3 amide bonds. The zero-order valence-corrected chi connectivity index (χ0v) is 28.0. The van der Waals surface area contributed by atoms with Crippen LogP contribution in [0.15, 0.2) is 47.4 Å². The number of hydrogen-bond acceptors (Lipinski definition) is 7. The summed E-state index contributed by atoms with van der Waals surface area (Å²) in [6.07, 6.45) is 8.23. The predicted octanol–water partition coefficient (Wildman–Crippen LogP) is 2.90. The highest BCUT2D eigenvalue weighted by molar-refractivity contribution is 7.89. The molecule has 2 fully saturated rings. The Morgan fingerprint density at radius 1 is 1.18 bits per heavy atom. The second-order valence-corrected chi connectivity index (χ2v) is 15.3. The molecule has 1 heterocycles. The number of rotatable bonds is 16. The van der Waals surface area contributed by atoms with Gasteiger partial charge in [0, 0.05) is 32.1 Å². The summed E-state index contributed by atoms with van der Waals surface area (Å²) in [6, 6.07) is 6.18. The van der Waals surface area contributed by atoms with Crippen LogP contribution in [0.3, 0.4) is 0 Å². The van der Waals surface area contributed by atoms with Gasteiger partial charge in [-0.2, -0.15) is 4.31 Å². The Morgan fingerprint density at radius 3 is 2.49 bits per heavy atom. The van der Waals surface area contributed by atoms with Crippen molar-refractivity contribution in [2.75, 3.05) is 26.7 Å². The highest BCUT2D eigenvalue weighted by Crippen LogP contribution is 2.45. The lowest BCUT2D eigenvalue weighted by atomic mass is 9.87. The minimum atomic E-state index is -3.77. The first-order valence-corrected chi connectivity index (χ1v) is 17.3. The van der Waals surface area contributed by atoms with Crippen molar-refractivity contribution in [1.29, 1.82) is 0 Å². The Balaban J connectivity index is 1.55. The summed E-state index contributed by atoms with van der Waals surface area (Å²) in [4.78, 5) is 40.0. The maximum Gasteiger partial charge on any atom is 0.330 e. The largest absolute Gasteiger partial charge is 0.479 e. The zero-order valence-electron chi connectivity index (χ0n) is 27.2. The number of carbonyl (C=O) groups is 3. The molecule has 3 rings (SSSR count). The van der Waals surface area contributed by atoms with Gasteiger partial charge in [0.1, 0.15) is 11.8 Å². The van der Waals surface area contributed by atoms with Crippen molar-refractivity contribution in [3.63, 3.8) is 0 Å². The summed E-state index contributed by atoms with van der Waals surface area (Å²) in [5, 5.41) is 29.1. The van der Waals surface area contributed by atoms with Gasteiger partial charge < -0.3 is 26.2 Å². The number of likely N-dealkylation sites (N-methyl/N-ethyl adjacent to an activating group) is 1. The van der Waals surface area contributed by atoms with Crippen molar-refractivity contribution in [1.82, 2.24) is 25.2 Å². The Kier molecular flexibility index (Phi) is 12.6. The number of aliphatic hydroxyl groups excluding tert-OH is 1. The molecule has 0 radical (unpaired) electrons. The number of allylic oxidation sites excluding steroid dienone is 1. The number of aliphatic hydroxyl groups is 1. The fraction of sp³-hybridized carbons (Fsp3) is 0.656. The van der Waals surface area contributed by atoms with Crippen LogP contribution in [0, 0.1) is 11.3 Å². The van der Waals surface area contributed by atoms with Gasteiger partial charge in [-0.25, -0.2) is 18.0 Å². The Morgan fingerprint density at radius 2 is 1.87 bits per heavy atom. The first-order valence-electron chi connectivity index (χ1n) is 15.8. The van der Waals surface area contributed by atoms with Crippen molar-refractivity contribution < 1.29 is 33.0 Å². The number of carboxylic acid groups (broad SMARTS) is 1. The molecule has 1 saturated heterocycles. The van der Waals surface area contributed by atoms with E-state index in [0.717, 1.165) is 25.7 Å². The van der Waals surface area contributed by atoms with E-state index in [4.69, 9.17) is 0 Å². The molecule has 1 saturated carbocycles. The van der Waals surface area contributed by atoms with E-state index in [2.05, 4.69) is 22.9 Å². The molecule has 0 aromatic heterocycles. The molecule has 1 aromatic carbocycles. The predicted molar refractivity (Wildman–Crippen MR) is 172 cm³/mol.